The molecule has 0 saturated carbocycles. The lowest BCUT2D eigenvalue weighted by molar-refractivity contribution is 0.199. The zero-order chi connectivity index (χ0) is 10.4. The number of hydrogen-bond acceptors (Lipinski definition) is 2. The molecule has 1 aromatic carbocycles. The van der Waals surface area contributed by atoms with E-state index < -0.39 is 0 Å². The van der Waals surface area contributed by atoms with E-state index in [1.807, 2.05) is 23.9 Å². The van der Waals surface area contributed by atoms with Crippen molar-refractivity contribution in [1.29, 1.82) is 0 Å². The van der Waals surface area contributed by atoms with Crippen LogP contribution in [-0.2, 0) is 0 Å². The average molecular weight is 210 g/mol. The predicted molar refractivity (Wildman–Crippen MR) is 62.7 cm³/mol. The van der Waals surface area contributed by atoms with E-state index in [1.165, 1.54) is 23.5 Å². The standard InChI is InChI=1S/C12H18OS/c1-3-4-9-14-12-7-5-11(6-8-12)10(2)13/h5-8,10,13H,3-4,9H2,1-2H3/t10-/m1/s1. The van der Waals surface area contributed by atoms with E-state index in [-0.39, 0.29) is 6.10 Å². The molecule has 14 heavy (non-hydrogen) atoms. The van der Waals surface area contributed by atoms with Crippen molar-refractivity contribution in [3.05, 3.63) is 29.8 Å². The molecule has 0 aliphatic rings. The van der Waals surface area contributed by atoms with Crippen molar-refractivity contribution in [2.45, 2.75) is 37.7 Å². The van der Waals surface area contributed by atoms with Crippen LogP contribution >= 0.6 is 11.8 Å². The largest absolute Gasteiger partial charge is 0.389 e. The van der Waals surface area contributed by atoms with E-state index in [1.54, 1.807) is 6.92 Å². The van der Waals surface area contributed by atoms with Gasteiger partial charge in [-0.25, -0.2) is 0 Å². The van der Waals surface area contributed by atoms with Gasteiger partial charge < -0.3 is 5.11 Å². The first-order valence-electron chi connectivity index (χ1n) is 5.15. The summed E-state index contributed by atoms with van der Waals surface area (Å²) in [4.78, 5) is 1.29. The minimum absolute atomic E-state index is 0.357. The second-order valence-corrected chi connectivity index (χ2v) is 4.62. The van der Waals surface area contributed by atoms with Crippen molar-refractivity contribution in [2.75, 3.05) is 5.75 Å². The molecule has 1 rings (SSSR count). The van der Waals surface area contributed by atoms with Crippen LogP contribution in [0.5, 0.6) is 0 Å². The summed E-state index contributed by atoms with van der Waals surface area (Å²) in [6.07, 6.45) is 2.16. The van der Waals surface area contributed by atoms with Gasteiger partial charge in [0.1, 0.15) is 0 Å². The molecule has 1 atom stereocenters. The van der Waals surface area contributed by atoms with Gasteiger partial charge in [0.2, 0.25) is 0 Å². The summed E-state index contributed by atoms with van der Waals surface area (Å²) >= 11 is 1.88. The van der Waals surface area contributed by atoms with Crippen LogP contribution in [0.3, 0.4) is 0 Å². The fourth-order valence-electron chi connectivity index (χ4n) is 1.18. The SMILES string of the molecule is CCCCSc1ccc([C@@H](C)O)cc1. The lowest BCUT2D eigenvalue weighted by Crippen LogP contribution is -1.89. The van der Waals surface area contributed by atoms with Gasteiger partial charge in [0.25, 0.3) is 0 Å². The van der Waals surface area contributed by atoms with Gasteiger partial charge in [-0.1, -0.05) is 25.5 Å². The summed E-state index contributed by atoms with van der Waals surface area (Å²) in [7, 11) is 0. The first-order valence-corrected chi connectivity index (χ1v) is 6.13. The maximum Gasteiger partial charge on any atom is 0.0761 e. The van der Waals surface area contributed by atoms with Crippen molar-refractivity contribution in [2.24, 2.45) is 0 Å². The molecule has 0 heterocycles. The highest BCUT2D eigenvalue weighted by Crippen LogP contribution is 2.21. The van der Waals surface area contributed by atoms with E-state index in [9.17, 15) is 5.11 Å². The molecular formula is C12H18OS. The van der Waals surface area contributed by atoms with Crippen LogP contribution in [0.25, 0.3) is 0 Å². The second-order valence-electron chi connectivity index (χ2n) is 3.45. The van der Waals surface area contributed by atoms with Crippen LogP contribution in [0.1, 0.15) is 38.4 Å². The topological polar surface area (TPSA) is 20.2 Å². The molecule has 0 fully saturated rings. The third-order valence-electron chi connectivity index (χ3n) is 2.13. The van der Waals surface area contributed by atoms with Gasteiger partial charge in [-0.2, -0.15) is 0 Å². The molecule has 2 heteroatoms. The molecule has 0 aliphatic heterocycles. The minimum atomic E-state index is -0.357. The Bertz CT molecular complexity index is 254. The van der Waals surface area contributed by atoms with Gasteiger partial charge in [-0.05, 0) is 36.8 Å². The lowest BCUT2D eigenvalue weighted by atomic mass is 10.1. The molecule has 1 N–H and O–H groups in total. The van der Waals surface area contributed by atoms with Gasteiger partial charge in [-0.15, -0.1) is 11.8 Å². The molecule has 0 unspecified atom stereocenters. The van der Waals surface area contributed by atoms with Crippen molar-refractivity contribution in [1.82, 2.24) is 0 Å². The van der Waals surface area contributed by atoms with Gasteiger partial charge in [-0.3, -0.25) is 0 Å². The van der Waals surface area contributed by atoms with Crippen molar-refractivity contribution < 1.29 is 5.11 Å². The third-order valence-corrected chi connectivity index (χ3v) is 3.23. The number of unbranched alkanes of at least 4 members (excludes halogenated alkanes) is 1. The summed E-state index contributed by atoms with van der Waals surface area (Å²) in [5, 5.41) is 9.32. The van der Waals surface area contributed by atoms with E-state index in [0.29, 0.717) is 0 Å². The number of aliphatic hydroxyl groups is 1. The Morgan fingerprint density at radius 3 is 2.43 bits per heavy atom. The van der Waals surface area contributed by atoms with Crippen LogP contribution in [0.2, 0.25) is 0 Å². The summed E-state index contributed by atoms with van der Waals surface area (Å²) in [5.41, 5.74) is 0.991. The normalized spacial score (nSPS) is 12.8. The van der Waals surface area contributed by atoms with Crippen LogP contribution in [0.4, 0.5) is 0 Å². The monoisotopic (exact) mass is 210 g/mol. The molecule has 0 aromatic heterocycles. The van der Waals surface area contributed by atoms with Gasteiger partial charge in [0.05, 0.1) is 6.10 Å². The summed E-state index contributed by atoms with van der Waals surface area (Å²) < 4.78 is 0. The van der Waals surface area contributed by atoms with Crippen LogP contribution in [0.15, 0.2) is 29.2 Å². The van der Waals surface area contributed by atoms with E-state index in [4.69, 9.17) is 0 Å². The average Bonchev–Trinajstić information content (AvgIpc) is 2.19. The highest BCUT2D eigenvalue weighted by molar-refractivity contribution is 7.99. The smallest absolute Gasteiger partial charge is 0.0761 e. The summed E-state index contributed by atoms with van der Waals surface area (Å²) in [6.45, 7) is 4.00. The predicted octanol–water partition coefficient (Wildman–Crippen LogP) is 3.63. The molecule has 0 radical (unpaired) electrons. The molecule has 0 amide bonds. The Morgan fingerprint density at radius 2 is 1.93 bits per heavy atom. The quantitative estimate of drug-likeness (QED) is 0.591. The molecule has 0 spiro atoms. The van der Waals surface area contributed by atoms with Gasteiger partial charge >= 0.3 is 0 Å². The first-order chi connectivity index (χ1) is 6.74. The number of hydrogen-bond donors (Lipinski definition) is 1. The van der Waals surface area contributed by atoms with Gasteiger partial charge in [0, 0.05) is 4.90 Å². The number of thioether (sulfide) groups is 1. The van der Waals surface area contributed by atoms with Crippen LogP contribution in [-0.4, -0.2) is 10.9 Å². The molecular weight excluding hydrogens is 192 g/mol. The van der Waals surface area contributed by atoms with Crippen molar-refractivity contribution >= 4 is 11.8 Å². The Labute approximate surface area is 90.5 Å². The minimum Gasteiger partial charge on any atom is -0.389 e. The molecule has 0 saturated heterocycles. The number of aliphatic hydroxyl groups excluding tert-OH is 1. The third kappa shape index (κ3) is 3.72. The fourth-order valence-corrected chi connectivity index (χ4v) is 2.17. The maximum absolute atomic E-state index is 9.32. The van der Waals surface area contributed by atoms with Crippen molar-refractivity contribution in [3.8, 4) is 0 Å². The molecule has 78 valence electrons. The molecule has 0 bridgehead atoms. The van der Waals surface area contributed by atoms with Crippen LogP contribution in [0, 0.1) is 0 Å². The van der Waals surface area contributed by atoms with Gasteiger partial charge in [0.15, 0.2) is 0 Å². The lowest BCUT2D eigenvalue weighted by Gasteiger charge is -2.05. The highest BCUT2D eigenvalue weighted by Gasteiger charge is 1.99. The van der Waals surface area contributed by atoms with Crippen LogP contribution < -0.4 is 0 Å². The fraction of sp³-hybridized carbons (Fsp3) is 0.500. The molecule has 1 aromatic rings. The van der Waals surface area contributed by atoms with E-state index >= 15 is 0 Å². The molecule has 1 nitrogen and oxygen atoms in total. The Hall–Kier alpha value is -0.470. The Kier molecular flexibility index (Phi) is 5.05. The first kappa shape index (κ1) is 11.6. The number of rotatable bonds is 5. The zero-order valence-electron chi connectivity index (χ0n) is 8.86. The second kappa shape index (κ2) is 6.10. The Morgan fingerprint density at radius 1 is 1.29 bits per heavy atom. The zero-order valence-corrected chi connectivity index (χ0v) is 9.68. The summed E-state index contributed by atoms with van der Waals surface area (Å²) in [6, 6.07) is 8.17. The maximum atomic E-state index is 9.32. The highest BCUT2D eigenvalue weighted by atomic mass is 32.2. The molecule has 0 aliphatic carbocycles. The van der Waals surface area contributed by atoms with E-state index in [0.717, 1.165) is 5.56 Å². The van der Waals surface area contributed by atoms with E-state index in [2.05, 4.69) is 19.1 Å². The Balaban J connectivity index is 2.47. The number of benzene rings is 1. The summed E-state index contributed by atoms with van der Waals surface area (Å²) in [5.74, 6) is 1.19. The van der Waals surface area contributed by atoms with Crippen molar-refractivity contribution in [3.63, 3.8) is 0 Å².